The number of nitrogens with one attached hydrogen (secondary N) is 2. The molecular weight excluding hydrogens is 384 g/mol. The molecule has 3 heterocycles. The number of amides is 4. The first-order chi connectivity index (χ1) is 14.6. The van der Waals surface area contributed by atoms with Crippen LogP contribution in [0.4, 0.5) is 4.79 Å². The molecule has 1 aromatic carbocycles. The Labute approximate surface area is 175 Å². The SMILES string of the molecule is O=C(CN1C(=O)N(CCc2ccccc2)C(=O)C2NCCCC21)NCc1ccco1. The molecule has 0 aliphatic carbocycles. The van der Waals surface area contributed by atoms with Crippen molar-refractivity contribution < 1.29 is 18.8 Å². The van der Waals surface area contributed by atoms with Gasteiger partial charge in [-0.3, -0.25) is 14.5 Å². The fourth-order valence-corrected chi connectivity index (χ4v) is 4.10. The Morgan fingerprint density at radius 3 is 2.77 bits per heavy atom. The number of fused-ring (bicyclic) bond motifs is 1. The third-order valence-corrected chi connectivity index (χ3v) is 5.66. The second kappa shape index (κ2) is 9.13. The molecule has 2 aliphatic heterocycles. The summed E-state index contributed by atoms with van der Waals surface area (Å²) in [6.45, 7) is 1.19. The van der Waals surface area contributed by atoms with Crippen LogP contribution >= 0.6 is 0 Å². The molecule has 0 spiro atoms. The Kier molecular flexibility index (Phi) is 6.13. The van der Waals surface area contributed by atoms with Crippen molar-refractivity contribution in [2.24, 2.45) is 0 Å². The normalized spacial score (nSPS) is 21.5. The number of nitrogens with zero attached hydrogens (tertiary/aromatic N) is 2. The van der Waals surface area contributed by atoms with Crippen LogP contribution in [0.2, 0.25) is 0 Å². The van der Waals surface area contributed by atoms with Crippen molar-refractivity contribution in [2.45, 2.75) is 37.9 Å². The van der Waals surface area contributed by atoms with E-state index in [1.807, 2.05) is 30.3 Å². The van der Waals surface area contributed by atoms with Crippen molar-refractivity contribution in [3.05, 3.63) is 60.1 Å². The Morgan fingerprint density at radius 1 is 1.17 bits per heavy atom. The van der Waals surface area contributed by atoms with Crippen molar-refractivity contribution in [1.82, 2.24) is 20.4 Å². The van der Waals surface area contributed by atoms with Crippen LogP contribution in [0.3, 0.4) is 0 Å². The van der Waals surface area contributed by atoms with E-state index in [4.69, 9.17) is 4.42 Å². The van der Waals surface area contributed by atoms with Crippen LogP contribution in [0.25, 0.3) is 0 Å². The number of furan rings is 1. The van der Waals surface area contributed by atoms with Gasteiger partial charge in [-0.1, -0.05) is 30.3 Å². The lowest BCUT2D eigenvalue weighted by Crippen LogP contribution is -2.70. The maximum Gasteiger partial charge on any atom is 0.327 e. The minimum atomic E-state index is -0.468. The summed E-state index contributed by atoms with van der Waals surface area (Å²) in [6.07, 6.45) is 3.68. The van der Waals surface area contributed by atoms with Crippen LogP contribution in [-0.2, 0) is 22.6 Å². The second-order valence-electron chi connectivity index (χ2n) is 7.63. The summed E-state index contributed by atoms with van der Waals surface area (Å²) in [5.41, 5.74) is 1.06. The zero-order valence-electron chi connectivity index (χ0n) is 16.8. The fourth-order valence-electron chi connectivity index (χ4n) is 4.10. The van der Waals surface area contributed by atoms with Crippen molar-refractivity contribution in [3.8, 4) is 0 Å². The van der Waals surface area contributed by atoms with Crippen molar-refractivity contribution in [3.63, 3.8) is 0 Å². The van der Waals surface area contributed by atoms with Gasteiger partial charge >= 0.3 is 6.03 Å². The van der Waals surface area contributed by atoms with E-state index in [1.54, 1.807) is 23.3 Å². The number of piperidine rings is 1. The number of urea groups is 1. The van der Waals surface area contributed by atoms with E-state index in [0.29, 0.717) is 18.6 Å². The topological polar surface area (TPSA) is 94.9 Å². The fraction of sp³-hybridized carbons (Fsp3) is 0.409. The minimum Gasteiger partial charge on any atom is -0.467 e. The van der Waals surface area contributed by atoms with Gasteiger partial charge in [0.1, 0.15) is 18.3 Å². The molecule has 2 N–H and O–H groups in total. The van der Waals surface area contributed by atoms with E-state index in [9.17, 15) is 14.4 Å². The highest BCUT2D eigenvalue weighted by atomic mass is 16.3. The smallest absolute Gasteiger partial charge is 0.327 e. The molecule has 0 saturated carbocycles. The van der Waals surface area contributed by atoms with Gasteiger partial charge < -0.3 is 20.0 Å². The van der Waals surface area contributed by atoms with E-state index in [2.05, 4.69) is 10.6 Å². The average molecular weight is 410 g/mol. The molecule has 2 aliphatic rings. The van der Waals surface area contributed by atoms with Gasteiger partial charge in [0.15, 0.2) is 0 Å². The molecule has 2 unspecified atom stereocenters. The number of imide groups is 1. The zero-order chi connectivity index (χ0) is 20.9. The van der Waals surface area contributed by atoms with Gasteiger partial charge in [-0.15, -0.1) is 0 Å². The van der Waals surface area contributed by atoms with Crippen LogP contribution in [0.15, 0.2) is 53.1 Å². The molecule has 2 fully saturated rings. The molecule has 8 heteroatoms. The number of carbonyl (C=O) groups excluding carboxylic acids is 3. The Bertz CT molecular complexity index is 884. The summed E-state index contributed by atoms with van der Waals surface area (Å²) in [5.74, 6) is 0.166. The first kappa shape index (κ1) is 20.2. The number of benzene rings is 1. The lowest BCUT2D eigenvalue weighted by molar-refractivity contribution is -0.138. The molecule has 1 aromatic heterocycles. The third kappa shape index (κ3) is 4.38. The minimum absolute atomic E-state index is 0.0858. The van der Waals surface area contributed by atoms with Crippen molar-refractivity contribution in [2.75, 3.05) is 19.6 Å². The number of carbonyl (C=O) groups is 3. The summed E-state index contributed by atoms with van der Waals surface area (Å²) < 4.78 is 5.23. The average Bonchev–Trinajstić information content (AvgIpc) is 3.30. The molecule has 158 valence electrons. The highest BCUT2D eigenvalue weighted by Crippen LogP contribution is 2.24. The summed E-state index contributed by atoms with van der Waals surface area (Å²) in [5, 5.41) is 6.03. The zero-order valence-corrected chi connectivity index (χ0v) is 16.8. The highest BCUT2D eigenvalue weighted by molar-refractivity contribution is 6.01. The molecule has 2 atom stereocenters. The molecule has 2 aromatic rings. The highest BCUT2D eigenvalue weighted by Gasteiger charge is 2.47. The first-order valence-electron chi connectivity index (χ1n) is 10.3. The Morgan fingerprint density at radius 2 is 2.00 bits per heavy atom. The second-order valence-corrected chi connectivity index (χ2v) is 7.63. The molecule has 4 amide bonds. The van der Waals surface area contributed by atoms with E-state index in [1.165, 1.54) is 4.90 Å². The van der Waals surface area contributed by atoms with Crippen LogP contribution in [0.1, 0.15) is 24.2 Å². The number of hydrogen-bond donors (Lipinski definition) is 2. The van der Waals surface area contributed by atoms with Crippen LogP contribution in [0.5, 0.6) is 0 Å². The van der Waals surface area contributed by atoms with E-state index in [0.717, 1.165) is 18.5 Å². The molecule has 2 saturated heterocycles. The van der Waals surface area contributed by atoms with E-state index >= 15 is 0 Å². The monoisotopic (exact) mass is 410 g/mol. The Hall–Kier alpha value is -3.13. The summed E-state index contributed by atoms with van der Waals surface area (Å²) in [4.78, 5) is 41.5. The molecule has 0 radical (unpaired) electrons. The molecular formula is C22H26N4O4. The largest absolute Gasteiger partial charge is 0.467 e. The number of hydrogen-bond acceptors (Lipinski definition) is 5. The summed E-state index contributed by atoms with van der Waals surface area (Å²) >= 11 is 0. The van der Waals surface area contributed by atoms with Crippen LogP contribution in [-0.4, -0.2) is 59.4 Å². The Balaban J connectivity index is 1.45. The van der Waals surface area contributed by atoms with Crippen molar-refractivity contribution >= 4 is 17.8 Å². The summed E-state index contributed by atoms with van der Waals surface area (Å²) in [7, 11) is 0. The quantitative estimate of drug-likeness (QED) is 0.722. The van der Waals surface area contributed by atoms with Gasteiger partial charge in [-0.2, -0.15) is 0 Å². The maximum atomic E-state index is 13.2. The first-order valence-corrected chi connectivity index (χ1v) is 10.3. The van der Waals surface area contributed by atoms with Gasteiger partial charge in [0.05, 0.1) is 18.8 Å². The van der Waals surface area contributed by atoms with Gasteiger partial charge in [0.25, 0.3) is 0 Å². The molecule has 30 heavy (non-hydrogen) atoms. The maximum absolute atomic E-state index is 13.2. The molecule has 0 bridgehead atoms. The van der Waals surface area contributed by atoms with Crippen LogP contribution in [0, 0.1) is 0 Å². The predicted octanol–water partition coefficient (Wildman–Crippen LogP) is 1.52. The van der Waals surface area contributed by atoms with Gasteiger partial charge in [0.2, 0.25) is 11.8 Å². The van der Waals surface area contributed by atoms with Gasteiger partial charge in [-0.05, 0) is 43.5 Å². The van der Waals surface area contributed by atoms with Crippen molar-refractivity contribution in [1.29, 1.82) is 0 Å². The van der Waals surface area contributed by atoms with E-state index in [-0.39, 0.29) is 37.5 Å². The third-order valence-electron chi connectivity index (χ3n) is 5.66. The van der Waals surface area contributed by atoms with Gasteiger partial charge in [-0.25, -0.2) is 4.79 Å². The van der Waals surface area contributed by atoms with E-state index < -0.39 is 12.1 Å². The molecule has 4 rings (SSSR count). The molecule has 8 nitrogen and oxygen atoms in total. The standard InChI is InChI=1S/C22H26N4O4/c27-19(24-14-17-8-5-13-30-17)15-26-18-9-4-11-23-20(18)21(28)25(22(26)29)12-10-16-6-2-1-3-7-16/h1-3,5-8,13,18,20,23H,4,9-12,14-15H2,(H,24,27). The summed E-state index contributed by atoms with van der Waals surface area (Å²) in [6, 6.07) is 12.1. The number of rotatable bonds is 7. The predicted molar refractivity (Wildman–Crippen MR) is 109 cm³/mol. The van der Waals surface area contributed by atoms with Gasteiger partial charge in [0, 0.05) is 6.54 Å². The lowest BCUT2D eigenvalue weighted by atomic mass is 9.93. The lowest BCUT2D eigenvalue weighted by Gasteiger charge is -2.46. The van der Waals surface area contributed by atoms with Crippen LogP contribution < -0.4 is 10.6 Å².